The highest BCUT2D eigenvalue weighted by atomic mass is 35.5. The summed E-state index contributed by atoms with van der Waals surface area (Å²) in [5.74, 6) is -1.51. The van der Waals surface area contributed by atoms with E-state index in [1.165, 1.54) is 25.1 Å². The molecule has 0 bridgehead atoms. The molecule has 0 heterocycles. The maximum atomic E-state index is 12.1. The third kappa shape index (κ3) is 4.33. The molecule has 0 atom stereocenters. The summed E-state index contributed by atoms with van der Waals surface area (Å²) in [5, 5.41) is 14.2. The van der Waals surface area contributed by atoms with Crippen LogP contribution in [0.2, 0.25) is 5.02 Å². The summed E-state index contributed by atoms with van der Waals surface area (Å²) < 4.78 is 4.89. The Bertz CT molecular complexity index is 851. The van der Waals surface area contributed by atoms with Crippen LogP contribution in [0.5, 0.6) is 0 Å². The summed E-state index contributed by atoms with van der Waals surface area (Å²) in [5.41, 5.74) is 0.974. The first-order valence-corrected chi connectivity index (χ1v) is 7.65. The smallest absolute Gasteiger partial charge is 0.345 e. The van der Waals surface area contributed by atoms with E-state index < -0.39 is 23.4 Å². The number of esters is 1. The van der Waals surface area contributed by atoms with Crippen LogP contribution in [0.25, 0.3) is 0 Å². The molecule has 8 heteroatoms. The minimum absolute atomic E-state index is 0.197. The molecule has 0 saturated heterocycles. The van der Waals surface area contributed by atoms with Crippen LogP contribution in [-0.4, -0.2) is 23.4 Å². The fourth-order valence-electron chi connectivity index (χ4n) is 2.20. The molecule has 0 fully saturated rings. The molecule has 0 radical (unpaired) electrons. The minimum atomic E-state index is -0.937. The normalized spacial score (nSPS) is 10.2. The molecule has 130 valence electrons. The van der Waals surface area contributed by atoms with E-state index in [0.717, 1.165) is 0 Å². The highest BCUT2D eigenvalue weighted by Gasteiger charge is 2.24. The fourth-order valence-corrected chi connectivity index (χ4v) is 2.38. The number of hydrogen-bond donors (Lipinski definition) is 1. The van der Waals surface area contributed by atoms with E-state index >= 15 is 0 Å². The lowest BCUT2D eigenvalue weighted by Gasteiger charge is -2.10. The first-order chi connectivity index (χ1) is 11.8. The van der Waals surface area contributed by atoms with Crippen molar-refractivity contribution < 1.29 is 19.2 Å². The van der Waals surface area contributed by atoms with E-state index in [1.54, 1.807) is 25.1 Å². The van der Waals surface area contributed by atoms with E-state index in [-0.39, 0.29) is 11.3 Å². The Balaban J connectivity index is 2.05. The Labute approximate surface area is 148 Å². The van der Waals surface area contributed by atoms with E-state index in [0.29, 0.717) is 21.8 Å². The fraction of sp³-hybridized carbons (Fsp3) is 0.176. The summed E-state index contributed by atoms with van der Waals surface area (Å²) in [6.45, 7) is 2.68. The average molecular weight is 363 g/mol. The van der Waals surface area contributed by atoms with Crippen molar-refractivity contribution in [3.8, 4) is 0 Å². The highest BCUT2D eigenvalue weighted by molar-refractivity contribution is 6.31. The van der Waals surface area contributed by atoms with Gasteiger partial charge >= 0.3 is 5.97 Å². The number of para-hydroxylation sites is 1. The Hall–Kier alpha value is -2.93. The maximum absolute atomic E-state index is 12.1. The quantitative estimate of drug-likeness (QED) is 0.497. The predicted molar refractivity (Wildman–Crippen MR) is 92.9 cm³/mol. The number of hydrogen-bond acceptors (Lipinski definition) is 5. The second-order valence-electron chi connectivity index (χ2n) is 5.26. The van der Waals surface area contributed by atoms with Gasteiger partial charge in [0, 0.05) is 16.3 Å². The van der Waals surface area contributed by atoms with Gasteiger partial charge in [0.2, 0.25) is 0 Å². The summed E-state index contributed by atoms with van der Waals surface area (Å²) in [6.07, 6.45) is 0. The number of benzene rings is 2. The molecule has 0 unspecified atom stereocenters. The van der Waals surface area contributed by atoms with Crippen molar-refractivity contribution in [2.45, 2.75) is 13.8 Å². The van der Waals surface area contributed by atoms with Gasteiger partial charge in [-0.3, -0.25) is 14.9 Å². The number of ether oxygens (including phenoxy) is 1. The molecule has 2 aromatic carbocycles. The van der Waals surface area contributed by atoms with Gasteiger partial charge in [0.1, 0.15) is 5.56 Å². The SMILES string of the molecule is Cc1cccc(C(=O)OCC(=O)Nc2cccc(Cl)c2C)c1[N+](=O)[O-]. The molecule has 0 spiro atoms. The standard InChI is InChI=1S/C17H15ClN2O5/c1-10-5-3-6-12(16(10)20(23)24)17(22)25-9-15(21)19-14-8-4-7-13(18)11(14)2/h3-8H,9H2,1-2H3,(H,19,21). The third-order valence-corrected chi connectivity index (χ3v) is 3.93. The lowest BCUT2D eigenvalue weighted by molar-refractivity contribution is -0.385. The number of halogens is 1. The molecule has 0 aliphatic heterocycles. The van der Waals surface area contributed by atoms with Gasteiger partial charge in [-0.15, -0.1) is 0 Å². The number of carbonyl (C=O) groups excluding carboxylic acids is 2. The van der Waals surface area contributed by atoms with Crippen molar-refractivity contribution in [2.75, 3.05) is 11.9 Å². The van der Waals surface area contributed by atoms with Crippen LogP contribution in [-0.2, 0) is 9.53 Å². The van der Waals surface area contributed by atoms with E-state index in [4.69, 9.17) is 16.3 Å². The Morgan fingerprint density at radius 1 is 1.20 bits per heavy atom. The summed E-state index contributed by atoms with van der Waals surface area (Å²) >= 11 is 5.97. The zero-order chi connectivity index (χ0) is 18.6. The number of nitro benzene ring substituents is 1. The Morgan fingerprint density at radius 2 is 1.88 bits per heavy atom. The van der Waals surface area contributed by atoms with Crippen LogP contribution < -0.4 is 5.32 Å². The van der Waals surface area contributed by atoms with Crippen molar-refractivity contribution in [3.63, 3.8) is 0 Å². The van der Waals surface area contributed by atoms with Gasteiger partial charge in [-0.1, -0.05) is 29.8 Å². The molecular weight excluding hydrogens is 348 g/mol. The first kappa shape index (κ1) is 18.4. The van der Waals surface area contributed by atoms with Gasteiger partial charge in [-0.05, 0) is 37.6 Å². The molecule has 2 rings (SSSR count). The average Bonchev–Trinajstić information content (AvgIpc) is 2.56. The molecule has 25 heavy (non-hydrogen) atoms. The van der Waals surface area contributed by atoms with Gasteiger partial charge < -0.3 is 10.1 Å². The van der Waals surface area contributed by atoms with Crippen molar-refractivity contribution in [1.29, 1.82) is 0 Å². The van der Waals surface area contributed by atoms with Gasteiger partial charge in [-0.25, -0.2) is 4.79 Å². The maximum Gasteiger partial charge on any atom is 0.345 e. The molecule has 0 aliphatic rings. The van der Waals surface area contributed by atoms with Crippen molar-refractivity contribution in [1.82, 2.24) is 0 Å². The van der Waals surface area contributed by atoms with Crippen LogP contribution in [0.4, 0.5) is 11.4 Å². The second-order valence-corrected chi connectivity index (χ2v) is 5.67. The molecule has 2 aromatic rings. The van der Waals surface area contributed by atoms with Crippen LogP contribution in [0.1, 0.15) is 21.5 Å². The number of amides is 1. The van der Waals surface area contributed by atoms with Crippen molar-refractivity contribution in [3.05, 3.63) is 68.2 Å². The molecule has 7 nitrogen and oxygen atoms in total. The number of rotatable bonds is 5. The summed E-state index contributed by atoms with van der Waals surface area (Å²) in [7, 11) is 0. The van der Waals surface area contributed by atoms with E-state index in [2.05, 4.69) is 5.32 Å². The lowest BCUT2D eigenvalue weighted by Crippen LogP contribution is -2.21. The van der Waals surface area contributed by atoms with Crippen LogP contribution in [0.3, 0.4) is 0 Å². The third-order valence-electron chi connectivity index (χ3n) is 3.52. The van der Waals surface area contributed by atoms with Crippen molar-refractivity contribution >= 4 is 34.9 Å². The summed E-state index contributed by atoms with van der Waals surface area (Å²) in [6, 6.07) is 9.33. The Morgan fingerprint density at radius 3 is 2.56 bits per heavy atom. The largest absolute Gasteiger partial charge is 0.452 e. The number of nitrogens with zero attached hydrogens (tertiary/aromatic N) is 1. The van der Waals surface area contributed by atoms with Gasteiger partial charge in [0.25, 0.3) is 11.6 Å². The van der Waals surface area contributed by atoms with Gasteiger partial charge in [0.15, 0.2) is 6.61 Å². The van der Waals surface area contributed by atoms with E-state index in [9.17, 15) is 19.7 Å². The Kier molecular flexibility index (Phi) is 5.71. The van der Waals surface area contributed by atoms with Gasteiger partial charge in [-0.2, -0.15) is 0 Å². The molecular formula is C17H15ClN2O5. The zero-order valence-electron chi connectivity index (χ0n) is 13.5. The predicted octanol–water partition coefficient (Wildman–Crippen LogP) is 3.66. The second kappa shape index (κ2) is 7.76. The van der Waals surface area contributed by atoms with E-state index in [1.807, 2.05) is 0 Å². The zero-order valence-corrected chi connectivity index (χ0v) is 14.3. The number of nitro groups is 1. The lowest BCUT2D eigenvalue weighted by atomic mass is 10.1. The number of anilines is 1. The molecule has 1 amide bonds. The number of carbonyl (C=O) groups is 2. The number of aryl methyl sites for hydroxylation is 1. The van der Waals surface area contributed by atoms with Crippen LogP contribution in [0, 0.1) is 24.0 Å². The first-order valence-electron chi connectivity index (χ1n) is 7.27. The highest BCUT2D eigenvalue weighted by Crippen LogP contribution is 2.24. The molecule has 0 saturated carbocycles. The van der Waals surface area contributed by atoms with Crippen LogP contribution in [0.15, 0.2) is 36.4 Å². The van der Waals surface area contributed by atoms with Crippen LogP contribution >= 0.6 is 11.6 Å². The summed E-state index contributed by atoms with van der Waals surface area (Å²) in [4.78, 5) is 34.5. The monoisotopic (exact) mass is 362 g/mol. The number of nitrogens with one attached hydrogen (secondary N) is 1. The van der Waals surface area contributed by atoms with Crippen molar-refractivity contribution in [2.24, 2.45) is 0 Å². The molecule has 0 aliphatic carbocycles. The van der Waals surface area contributed by atoms with Gasteiger partial charge in [0.05, 0.1) is 4.92 Å². The molecule has 0 aromatic heterocycles. The minimum Gasteiger partial charge on any atom is -0.452 e. The topological polar surface area (TPSA) is 98.5 Å². The molecule has 1 N–H and O–H groups in total.